The van der Waals surface area contributed by atoms with Gasteiger partial charge in [0.1, 0.15) is 5.69 Å². The highest BCUT2D eigenvalue weighted by molar-refractivity contribution is 5.92. The molecule has 1 amide bonds. The highest BCUT2D eigenvalue weighted by atomic mass is 16.5. The second-order valence-corrected chi connectivity index (χ2v) is 4.06. The SMILES string of the molecule is O=C(O)CC1CN(C(=O)c2ccccn2)CCO1. The number of ether oxygens (including phenoxy) is 1. The highest BCUT2D eigenvalue weighted by Crippen LogP contribution is 2.11. The van der Waals surface area contributed by atoms with Crippen molar-refractivity contribution in [3.05, 3.63) is 30.1 Å². The number of carbonyl (C=O) groups excluding carboxylic acids is 1. The summed E-state index contributed by atoms with van der Waals surface area (Å²) >= 11 is 0. The maximum absolute atomic E-state index is 12.1. The number of aromatic nitrogens is 1. The fraction of sp³-hybridized carbons (Fsp3) is 0.417. The number of carbonyl (C=O) groups is 2. The van der Waals surface area contributed by atoms with Gasteiger partial charge in [-0.25, -0.2) is 0 Å². The zero-order valence-electron chi connectivity index (χ0n) is 9.78. The first-order valence-electron chi connectivity index (χ1n) is 5.70. The maximum Gasteiger partial charge on any atom is 0.306 e. The van der Waals surface area contributed by atoms with Gasteiger partial charge in [0.25, 0.3) is 5.91 Å². The van der Waals surface area contributed by atoms with Gasteiger partial charge in [-0.15, -0.1) is 0 Å². The molecule has 0 spiro atoms. The third-order valence-electron chi connectivity index (χ3n) is 2.71. The summed E-state index contributed by atoms with van der Waals surface area (Å²) in [5, 5.41) is 8.71. The average molecular weight is 250 g/mol. The second kappa shape index (κ2) is 5.59. The Morgan fingerprint density at radius 2 is 2.33 bits per heavy atom. The van der Waals surface area contributed by atoms with Crippen LogP contribution in [0.3, 0.4) is 0 Å². The largest absolute Gasteiger partial charge is 0.481 e. The molecule has 18 heavy (non-hydrogen) atoms. The van der Waals surface area contributed by atoms with Gasteiger partial charge < -0.3 is 14.7 Å². The lowest BCUT2D eigenvalue weighted by Gasteiger charge is -2.32. The number of carboxylic acid groups (broad SMARTS) is 1. The van der Waals surface area contributed by atoms with Gasteiger partial charge in [-0.3, -0.25) is 14.6 Å². The summed E-state index contributed by atoms with van der Waals surface area (Å²) in [5.41, 5.74) is 0.369. The number of morpholine rings is 1. The van der Waals surface area contributed by atoms with Crippen LogP contribution in [0.15, 0.2) is 24.4 Å². The van der Waals surface area contributed by atoms with Crippen molar-refractivity contribution < 1.29 is 19.4 Å². The van der Waals surface area contributed by atoms with Crippen molar-refractivity contribution in [2.24, 2.45) is 0 Å². The van der Waals surface area contributed by atoms with Crippen molar-refractivity contribution in [3.63, 3.8) is 0 Å². The van der Waals surface area contributed by atoms with Gasteiger partial charge in [-0.05, 0) is 12.1 Å². The van der Waals surface area contributed by atoms with Crippen molar-refractivity contribution in [3.8, 4) is 0 Å². The van der Waals surface area contributed by atoms with Crippen LogP contribution in [-0.2, 0) is 9.53 Å². The van der Waals surface area contributed by atoms with E-state index in [2.05, 4.69) is 4.98 Å². The zero-order chi connectivity index (χ0) is 13.0. The summed E-state index contributed by atoms with van der Waals surface area (Å²) < 4.78 is 5.31. The Labute approximate surface area is 104 Å². The molecule has 1 aliphatic rings. The lowest BCUT2D eigenvalue weighted by atomic mass is 10.2. The molecule has 2 rings (SSSR count). The number of pyridine rings is 1. The number of nitrogens with zero attached hydrogens (tertiary/aromatic N) is 2. The monoisotopic (exact) mass is 250 g/mol. The first-order chi connectivity index (χ1) is 8.66. The maximum atomic E-state index is 12.1. The van der Waals surface area contributed by atoms with Crippen molar-refractivity contribution in [1.82, 2.24) is 9.88 Å². The van der Waals surface area contributed by atoms with E-state index in [1.54, 1.807) is 29.3 Å². The lowest BCUT2D eigenvalue weighted by molar-refractivity contribution is -0.141. The molecule has 1 unspecified atom stereocenters. The minimum Gasteiger partial charge on any atom is -0.481 e. The Bertz CT molecular complexity index is 435. The molecule has 1 N–H and O–H groups in total. The summed E-state index contributed by atoms with van der Waals surface area (Å²) in [6.45, 7) is 1.11. The van der Waals surface area contributed by atoms with Crippen LogP contribution in [-0.4, -0.2) is 52.7 Å². The van der Waals surface area contributed by atoms with Crippen LogP contribution < -0.4 is 0 Å². The van der Waals surface area contributed by atoms with Gasteiger partial charge in [0.15, 0.2) is 0 Å². The number of aliphatic carboxylic acids is 1. The molecule has 1 fully saturated rings. The van der Waals surface area contributed by atoms with Crippen LogP contribution in [0.25, 0.3) is 0 Å². The molecule has 96 valence electrons. The normalized spacial score (nSPS) is 19.6. The first kappa shape index (κ1) is 12.5. The Morgan fingerprint density at radius 1 is 1.50 bits per heavy atom. The number of hydrogen-bond acceptors (Lipinski definition) is 4. The van der Waals surface area contributed by atoms with E-state index in [0.29, 0.717) is 25.4 Å². The third kappa shape index (κ3) is 3.04. The Balaban J connectivity index is 2.00. The van der Waals surface area contributed by atoms with Crippen LogP contribution in [0.5, 0.6) is 0 Å². The van der Waals surface area contributed by atoms with Crippen molar-refractivity contribution in [1.29, 1.82) is 0 Å². The van der Waals surface area contributed by atoms with Gasteiger partial charge in [-0.1, -0.05) is 6.07 Å². The van der Waals surface area contributed by atoms with E-state index in [1.807, 2.05) is 0 Å². The van der Waals surface area contributed by atoms with E-state index in [9.17, 15) is 9.59 Å². The standard InChI is InChI=1S/C12H14N2O4/c15-11(16)7-9-8-14(5-6-18-9)12(17)10-3-1-2-4-13-10/h1-4,9H,5-8H2,(H,15,16). The smallest absolute Gasteiger partial charge is 0.306 e. The molecule has 0 aliphatic carbocycles. The number of rotatable bonds is 3. The molecular weight excluding hydrogens is 236 g/mol. The average Bonchev–Trinajstić information content (AvgIpc) is 2.38. The van der Waals surface area contributed by atoms with Gasteiger partial charge in [0.2, 0.25) is 0 Å². The van der Waals surface area contributed by atoms with Crippen LogP contribution >= 0.6 is 0 Å². The molecule has 1 aromatic heterocycles. The molecule has 0 aromatic carbocycles. The van der Waals surface area contributed by atoms with E-state index >= 15 is 0 Å². The Hall–Kier alpha value is -1.95. The van der Waals surface area contributed by atoms with E-state index in [4.69, 9.17) is 9.84 Å². The van der Waals surface area contributed by atoms with Crippen molar-refractivity contribution in [2.75, 3.05) is 19.7 Å². The predicted molar refractivity (Wildman–Crippen MR) is 62.1 cm³/mol. The zero-order valence-corrected chi connectivity index (χ0v) is 9.78. The second-order valence-electron chi connectivity index (χ2n) is 4.06. The summed E-state index contributed by atoms with van der Waals surface area (Å²) in [6.07, 6.45) is 1.03. The molecule has 1 atom stereocenters. The van der Waals surface area contributed by atoms with E-state index in [-0.39, 0.29) is 12.3 Å². The van der Waals surface area contributed by atoms with E-state index < -0.39 is 12.1 Å². The van der Waals surface area contributed by atoms with Gasteiger partial charge in [0.05, 0.1) is 19.1 Å². The minimum atomic E-state index is -0.924. The molecular formula is C12H14N2O4. The summed E-state index contributed by atoms with van der Waals surface area (Å²) in [4.78, 5) is 28.3. The number of carboxylic acids is 1. The van der Waals surface area contributed by atoms with E-state index in [1.165, 1.54) is 0 Å². The molecule has 0 bridgehead atoms. The quantitative estimate of drug-likeness (QED) is 0.839. The molecule has 1 saturated heterocycles. The first-order valence-corrected chi connectivity index (χ1v) is 5.70. The summed E-state index contributed by atoms with van der Waals surface area (Å²) in [7, 11) is 0. The molecule has 6 nitrogen and oxygen atoms in total. The predicted octanol–water partition coefficient (Wildman–Crippen LogP) is 0.397. The third-order valence-corrected chi connectivity index (χ3v) is 2.71. The summed E-state index contributed by atoms with van der Waals surface area (Å²) in [6, 6.07) is 5.13. The molecule has 0 radical (unpaired) electrons. The fourth-order valence-corrected chi connectivity index (χ4v) is 1.87. The Morgan fingerprint density at radius 3 is 3.00 bits per heavy atom. The van der Waals surface area contributed by atoms with Gasteiger partial charge in [0, 0.05) is 19.3 Å². The van der Waals surface area contributed by atoms with Gasteiger partial charge >= 0.3 is 5.97 Å². The number of amides is 1. The minimum absolute atomic E-state index is 0.0913. The fourth-order valence-electron chi connectivity index (χ4n) is 1.87. The van der Waals surface area contributed by atoms with Gasteiger partial charge in [-0.2, -0.15) is 0 Å². The molecule has 0 saturated carbocycles. The van der Waals surface area contributed by atoms with Crippen LogP contribution in [0.2, 0.25) is 0 Å². The Kier molecular flexibility index (Phi) is 3.88. The van der Waals surface area contributed by atoms with Crippen LogP contribution in [0.1, 0.15) is 16.9 Å². The molecule has 1 aliphatic heterocycles. The van der Waals surface area contributed by atoms with Crippen LogP contribution in [0, 0.1) is 0 Å². The lowest BCUT2D eigenvalue weighted by Crippen LogP contribution is -2.46. The highest BCUT2D eigenvalue weighted by Gasteiger charge is 2.26. The molecule has 1 aromatic rings. The molecule has 6 heteroatoms. The number of hydrogen-bond donors (Lipinski definition) is 1. The summed E-state index contributed by atoms with van der Waals surface area (Å²) in [5.74, 6) is -1.11. The van der Waals surface area contributed by atoms with Crippen LogP contribution in [0.4, 0.5) is 0 Å². The van der Waals surface area contributed by atoms with E-state index in [0.717, 1.165) is 0 Å². The molecule has 2 heterocycles. The van der Waals surface area contributed by atoms with Crippen molar-refractivity contribution >= 4 is 11.9 Å². The van der Waals surface area contributed by atoms with Crippen molar-refractivity contribution in [2.45, 2.75) is 12.5 Å². The topological polar surface area (TPSA) is 79.7 Å².